The Morgan fingerprint density at radius 2 is 1.88 bits per heavy atom. The van der Waals surface area contributed by atoms with Gasteiger partial charge < -0.3 is 10.0 Å². The van der Waals surface area contributed by atoms with Crippen molar-refractivity contribution in [2.24, 2.45) is 5.92 Å². The van der Waals surface area contributed by atoms with Gasteiger partial charge in [-0.1, -0.05) is 24.3 Å². The molecule has 2 aliphatic rings. The van der Waals surface area contributed by atoms with Gasteiger partial charge in [0.05, 0.1) is 6.10 Å². The third-order valence-electron chi connectivity index (χ3n) is 6.41. The summed E-state index contributed by atoms with van der Waals surface area (Å²) in [6.45, 7) is 5.72. The number of piperidine rings is 1. The standard InChI is InChI=1S/C23H30N2O/c1-17-4-2-3-5-21(17)19-9-12-25(13-10-19)16-18-6-7-20-15-24-11-8-22(20)23(26)14-18/h2-5,8,11,15,18-19,23,26H,6-7,9-10,12-14,16H2,1H3/t18-,23+/m1/s1. The number of likely N-dealkylation sites (tertiary alicyclic amines) is 1. The Labute approximate surface area is 157 Å². The highest BCUT2D eigenvalue weighted by Gasteiger charge is 2.27. The van der Waals surface area contributed by atoms with E-state index in [2.05, 4.69) is 41.1 Å². The number of nitrogens with zero attached hydrogens (tertiary/aromatic N) is 2. The van der Waals surface area contributed by atoms with Gasteiger partial charge in [-0.15, -0.1) is 0 Å². The SMILES string of the molecule is Cc1ccccc1C1CCN(C[C@@H]2CCc3cnccc3[C@@H](O)C2)CC1. The average Bonchev–Trinajstić information content (AvgIpc) is 2.82. The molecule has 0 saturated carbocycles. The first kappa shape index (κ1) is 17.7. The van der Waals surface area contributed by atoms with E-state index in [1.165, 1.54) is 37.1 Å². The van der Waals surface area contributed by atoms with E-state index >= 15 is 0 Å². The molecule has 2 aromatic rings. The molecule has 1 fully saturated rings. The lowest BCUT2D eigenvalue weighted by Crippen LogP contribution is -2.37. The Kier molecular flexibility index (Phi) is 5.37. The van der Waals surface area contributed by atoms with Gasteiger partial charge >= 0.3 is 0 Å². The van der Waals surface area contributed by atoms with Crippen LogP contribution in [0.25, 0.3) is 0 Å². The Hall–Kier alpha value is -1.71. The molecular formula is C23H30N2O. The normalized spacial score (nSPS) is 24.8. The summed E-state index contributed by atoms with van der Waals surface area (Å²) in [6, 6.07) is 10.9. The lowest BCUT2D eigenvalue weighted by atomic mass is 9.86. The number of hydrogen-bond acceptors (Lipinski definition) is 3. The predicted octanol–water partition coefficient (Wildman–Crippen LogP) is 4.26. The first-order valence-electron chi connectivity index (χ1n) is 10.1. The van der Waals surface area contributed by atoms with E-state index in [1.54, 1.807) is 11.8 Å². The number of aliphatic hydroxyl groups excluding tert-OH is 1. The zero-order valence-electron chi connectivity index (χ0n) is 15.8. The number of hydrogen-bond donors (Lipinski definition) is 1. The Morgan fingerprint density at radius 3 is 2.69 bits per heavy atom. The van der Waals surface area contributed by atoms with Crippen molar-refractivity contribution in [2.45, 2.75) is 51.0 Å². The molecule has 26 heavy (non-hydrogen) atoms. The number of pyridine rings is 1. The third-order valence-corrected chi connectivity index (χ3v) is 6.41. The van der Waals surface area contributed by atoms with E-state index < -0.39 is 0 Å². The van der Waals surface area contributed by atoms with Crippen molar-refractivity contribution in [3.63, 3.8) is 0 Å². The molecule has 1 aliphatic carbocycles. The van der Waals surface area contributed by atoms with E-state index in [0.29, 0.717) is 11.8 Å². The highest BCUT2D eigenvalue weighted by atomic mass is 16.3. The van der Waals surface area contributed by atoms with Crippen LogP contribution in [0.5, 0.6) is 0 Å². The topological polar surface area (TPSA) is 36.4 Å². The fourth-order valence-electron chi connectivity index (χ4n) is 4.89. The minimum absolute atomic E-state index is 0.329. The lowest BCUT2D eigenvalue weighted by Gasteiger charge is -2.35. The highest BCUT2D eigenvalue weighted by molar-refractivity contribution is 5.29. The fourth-order valence-corrected chi connectivity index (χ4v) is 4.89. The van der Waals surface area contributed by atoms with Crippen LogP contribution >= 0.6 is 0 Å². The summed E-state index contributed by atoms with van der Waals surface area (Å²) in [5.74, 6) is 1.29. The van der Waals surface area contributed by atoms with Gasteiger partial charge in [-0.25, -0.2) is 0 Å². The van der Waals surface area contributed by atoms with E-state index in [1.807, 2.05) is 12.3 Å². The first-order chi connectivity index (χ1) is 12.7. The maximum absolute atomic E-state index is 10.6. The smallest absolute Gasteiger partial charge is 0.0796 e. The van der Waals surface area contributed by atoms with Gasteiger partial charge in [0, 0.05) is 18.9 Å². The molecule has 2 heterocycles. The maximum Gasteiger partial charge on any atom is 0.0796 e. The van der Waals surface area contributed by atoms with Crippen LogP contribution in [0.3, 0.4) is 0 Å². The molecule has 0 radical (unpaired) electrons. The van der Waals surface area contributed by atoms with Gasteiger partial charge in [0.25, 0.3) is 0 Å². The number of aromatic nitrogens is 1. The van der Waals surface area contributed by atoms with Crippen molar-refractivity contribution in [2.75, 3.05) is 19.6 Å². The van der Waals surface area contributed by atoms with Crippen molar-refractivity contribution >= 4 is 0 Å². The van der Waals surface area contributed by atoms with Crippen molar-refractivity contribution in [3.05, 3.63) is 65.0 Å². The molecule has 0 bridgehead atoms. The molecule has 1 aromatic carbocycles. The van der Waals surface area contributed by atoms with Crippen molar-refractivity contribution in [1.29, 1.82) is 0 Å². The van der Waals surface area contributed by atoms with E-state index in [4.69, 9.17) is 0 Å². The zero-order valence-corrected chi connectivity index (χ0v) is 15.8. The largest absolute Gasteiger partial charge is 0.388 e. The van der Waals surface area contributed by atoms with Crippen LogP contribution < -0.4 is 0 Å². The summed E-state index contributed by atoms with van der Waals surface area (Å²) in [4.78, 5) is 6.86. The van der Waals surface area contributed by atoms with E-state index in [9.17, 15) is 5.11 Å². The summed E-state index contributed by atoms with van der Waals surface area (Å²) >= 11 is 0. The second-order valence-electron chi connectivity index (χ2n) is 8.16. The molecule has 0 unspecified atom stereocenters. The Balaban J connectivity index is 1.33. The second kappa shape index (κ2) is 7.89. The predicted molar refractivity (Wildman–Crippen MR) is 105 cm³/mol. The van der Waals surface area contributed by atoms with Crippen molar-refractivity contribution in [3.8, 4) is 0 Å². The Morgan fingerprint density at radius 1 is 1.08 bits per heavy atom. The minimum Gasteiger partial charge on any atom is -0.388 e. The van der Waals surface area contributed by atoms with Gasteiger partial charge in [0.2, 0.25) is 0 Å². The Bertz CT molecular complexity index is 736. The van der Waals surface area contributed by atoms with E-state index in [0.717, 1.165) is 31.4 Å². The van der Waals surface area contributed by atoms with Crippen molar-refractivity contribution in [1.82, 2.24) is 9.88 Å². The van der Waals surface area contributed by atoms with Crippen LogP contribution in [0, 0.1) is 12.8 Å². The summed E-state index contributed by atoms with van der Waals surface area (Å²) in [7, 11) is 0. The third kappa shape index (κ3) is 3.84. The molecule has 0 amide bonds. The van der Waals surface area contributed by atoms with Crippen LogP contribution in [0.1, 0.15) is 60.0 Å². The van der Waals surface area contributed by atoms with Crippen molar-refractivity contribution < 1.29 is 5.11 Å². The van der Waals surface area contributed by atoms with Crippen LogP contribution in [0.15, 0.2) is 42.7 Å². The second-order valence-corrected chi connectivity index (χ2v) is 8.16. The highest BCUT2D eigenvalue weighted by Crippen LogP contribution is 2.34. The summed E-state index contributed by atoms with van der Waals surface area (Å²) in [5.41, 5.74) is 5.31. The number of aliphatic hydroxyl groups is 1. The molecule has 3 nitrogen and oxygen atoms in total. The molecule has 1 aromatic heterocycles. The number of benzene rings is 1. The summed E-state index contributed by atoms with van der Waals surface area (Å²) < 4.78 is 0. The van der Waals surface area contributed by atoms with Gasteiger partial charge in [-0.3, -0.25) is 4.98 Å². The van der Waals surface area contributed by atoms with Crippen LogP contribution in [-0.4, -0.2) is 34.6 Å². The van der Waals surface area contributed by atoms with Crippen LogP contribution in [-0.2, 0) is 6.42 Å². The van der Waals surface area contributed by atoms with Crippen LogP contribution in [0.2, 0.25) is 0 Å². The quantitative estimate of drug-likeness (QED) is 0.841. The lowest BCUT2D eigenvalue weighted by molar-refractivity contribution is 0.117. The molecule has 1 N–H and O–H groups in total. The zero-order chi connectivity index (χ0) is 17.9. The number of aryl methyl sites for hydroxylation is 2. The molecule has 1 aliphatic heterocycles. The summed E-state index contributed by atoms with van der Waals surface area (Å²) in [5, 5.41) is 10.6. The first-order valence-corrected chi connectivity index (χ1v) is 10.1. The molecule has 1 saturated heterocycles. The molecule has 138 valence electrons. The average molecular weight is 351 g/mol. The molecule has 4 rings (SSSR count). The van der Waals surface area contributed by atoms with Gasteiger partial charge in [0.1, 0.15) is 0 Å². The van der Waals surface area contributed by atoms with Crippen LogP contribution in [0.4, 0.5) is 0 Å². The van der Waals surface area contributed by atoms with E-state index in [-0.39, 0.29) is 6.10 Å². The van der Waals surface area contributed by atoms with Gasteiger partial charge in [-0.2, -0.15) is 0 Å². The van der Waals surface area contributed by atoms with Gasteiger partial charge in [-0.05, 0) is 92.3 Å². The monoisotopic (exact) mass is 350 g/mol. The maximum atomic E-state index is 10.6. The molecule has 3 heteroatoms. The van der Waals surface area contributed by atoms with Gasteiger partial charge in [0.15, 0.2) is 0 Å². The molecular weight excluding hydrogens is 320 g/mol. The summed E-state index contributed by atoms with van der Waals surface area (Å²) in [6.07, 6.45) is 9.01. The number of fused-ring (bicyclic) bond motifs is 1. The molecule has 2 atom stereocenters. The fraction of sp³-hybridized carbons (Fsp3) is 0.522. The number of rotatable bonds is 3. The molecule has 0 spiro atoms. The minimum atomic E-state index is -0.329.